The maximum absolute atomic E-state index is 11.8. The first-order valence-corrected chi connectivity index (χ1v) is 9.98. The quantitative estimate of drug-likeness (QED) is 0.365. The number of nitrogens with one attached hydrogen (secondary N) is 1. The van der Waals surface area contributed by atoms with Crippen molar-refractivity contribution in [2.45, 2.75) is 64.3 Å². The fourth-order valence-corrected chi connectivity index (χ4v) is 2.96. The zero-order valence-corrected chi connectivity index (χ0v) is 16.2. The number of hydrogen-bond donors (Lipinski definition) is 2. The number of amides is 1. The van der Waals surface area contributed by atoms with Crippen LogP contribution in [0.15, 0.2) is 18.2 Å². The van der Waals surface area contributed by atoms with E-state index in [9.17, 15) is 9.90 Å². The van der Waals surface area contributed by atoms with Gasteiger partial charge in [-0.2, -0.15) is 0 Å². The van der Waals surface area contributed by atoms with Gasteiger partial charge < -0.3 is 15.2 Å². The molecule has 5 heteroatoms. The summed E-state index contributed by atoms with van der Waals surface area (Å²) in [5.74, 6) is 0.622. The normalized spacial score (nSPS) is 10.6. The number of halogens is 1. The number of phenols is 1. The lowest BCUT2D eigenvalue weighted by Crippen LogP contribution is -2.22. The molecule has 136 valence electrons. The SMILES string of the molecule is COc1cc(CNC(=O)CCCCCCCCCCBr)ccc1O. The fourth-order valence-electron chi connectivity index (χ4n) is 2.56. The predicted molar refractivity (Wildman–Crippen MR) is 102 cm³/mol. The van der Waals surface area contributed by atoms with Crippen LogP contribution in [0.4, 0.5) is 0 Å². The monoisotopic (exact) mass is 399 g/mol. The minimum Gasteiger partial charge on any atom is -0.504 e. The molecule has 0 atom stereocenters. The van der Waals surface area contributed by atoms with Crippen LogP contribution < -0.4 is 10.1 Å². The third-order valence-corrected chi connectivity index (χ3v) is 4.58. The van der Waals surface area contributed by atoms with Crippen molar-refractivity contribution in [3.63, 3.8) is 0 Å². The van der Waals surface area contributed by atoms with Gasteiger partial charge in [-0.15, -0.1) is 0 Å². The molecule has 0 spiro atoms. The summed E-state index contributed by atoms with van der Waals surface area (Å²) in [5.41, 5.74) is 0.918. The van der Waals surface area contributed by atoms with Crippen LogP contribution in [0.5, 0.6) is 11.5 Å². The van der Waals surface area contributed by atoms with Crippen molar-refractivity contribution in [2.75, 3.05) is 12.4 Å². The first-order chi connectivity index (χ1) is 11.7. The van der Waals surface area contributed by atoms with Crippen LogP contribution in [0.3, 0.4) is 0 Å². The van der Waals surface area contributed by atoms with Crippen LogP contribution in [-0.4, -0.2) is 23.5 Å². The van der Waals surface area contributed by atoms with Crippen LogP contribution in [0, 0.1) is 0 Å². The average molecular weight is 400 g/mol. The van der Waals surface area contributed by atoms with Crippen molar-refractivity contribution < 1.29 is 14.6 Å². The van der Waals surface area contributed by atoms with Gasteiger partial charge in [0.15, 0.2) is 11.5 Å². The Morgan fingerprint density at radius 3 is 2.33 bits per heavy atom. The number of aromatic hydroxyl groups is 1. The molecule has 0 aromatic heterocycles. The highest BCUT2D eigenvalue weighted by Gasteiger charge is 2.05. The maximum Gasteiger partial charge on any atom is 0.220 e. The lowest BCUT2D eigenvalue weighted by molar-refractivity contribution is -0.121. The summed E-state index contributed by atoms with van der Waals surface area (Å²) in [7, 11) is 1.51. The van der Waals surface area contributed by atoms with Gasteiger partial charge in [0.05, 0.1) is 7.11 Å². The molecule has 0 fully saturated rings. The number of benzene rings is 1. The number of alkyl halides is 1. The minimum absolute atomic E-state index is 0.0827. The highest BCUT2D eigenvalue weighted by Crippen LogP contribution is 2.26. The number of phenolic OH excluding ortho intramolecular Hbond substituents is 1. The van der Waals surface area contributed by atoms with Gasteiger partial charge in [0.2, 0.25) is 5.91 Å². The Morgan fingerprint density at radius 2 is 1.71 bits per heavy atom. The number of unbranched alkanes of at least 4 members (excludes halogenated alkanes) is 7. The molecule has 0 aliphatic rings. The van der Waals surface area contributed by atoms with Crippen LogP contribution in [-0.2, 0) is 11.3 Å². The molecule has 0 heterocycles. The number of rotatable bonds is 13. The third kappa shape index (κ3) is 9.16. The molecule has 1 rings (SSSR count). The van der Waals surface area contributed by atoms with E-state index in [1.165, 1.54) is 45.6 Å². The Morgan fingerprint density at radius 1 is 1.08 bits per heavy atom. The van der Waals surface area contributed by atoms with E-state index in [4.69, 9.17) is 4.74 Å². The Balaban J connectivity index is 2.06. The van der Waals surface area contributed by atoms with E-state index in [1.54, 1.807) is 18.2 Å². The van der Waals surface area contributed by atoms with Gasteiger partial charge in [-0.1, -0.05) is 60.5 Å². The predicted octanol–water partition coefficient (Wildman–Crippen LogP) is 4.92. The van der Waals surface area contributed by atoms with Gasteiger partial charge in [0.25, 0.3) is 0 Å². The molecule has 1 aromatic rings. The molecule has 1 amide bonds. The molecule has 1 aromatic carbocycles. The Labute approximate surface area is 154 Å². The summed E-state index contributed by atoms with van der Waals surface area (Å²) in [5, 5.41) is 13.6. The molecule has 0 saturated heterocycles. The van der Waals surface area contributed by atoms with Crippen LogP contribution in [0.1, 0.15) is 63.4 Å². The van der Waals surface area contributed by atoms with E-state index >= 15 is 0 Å². The minimum atomic E-state index is 0.0827. The lowest BCUT2D eigenvalue weighted by Gasteiger charge is -2.08. The smallest absolute Gasteiger partial charge is 0.220 e. The van der Waals surface area contributed by atoms with Crippen LogP contribution >= 0.6 is 15.9 Å². The van der Waals surface area contributed by atoms with E-state index in [1.807, 2.05) is 0 Å². The van der Waals surface area contributed by atoms with Crippen molar-refractivity contribution in [2.24, 2.45) is 0 Å². The van der Waals surface area contributed by atoms with E-state index in [2.05, 4.69) is 21.2 Å². The van der Waals surface area contributed by atoms with Gasteiger partial charge in [0, 0.05) is 18.3 Å². The molecule has 0 saturated carbocycles. The zero-order valence-electron chi connectivity index (χ0n) is 14.7. The number of methoxy groups -OCH3 is 1. The second-order valence-electron chi connectivity index (χ2n) is 6.05. The molecule has 0 aliphatic heterocycles. The highest BCUT2D eigenvalue weighted by molar-refractivity contribution is 9.09. The number of ether oxygens (including phenoxy) is 1. The largest absolute Gasteiger partial charge is 0.504 e. The molecule has 2 N–H and O–H groups in total. The number of carbonyl (C=O) groups is 1. The Bertz CT molecular complexity index is 480. The van der Waals surface area contributed by atoms with Crippen molar-refractivity contribution >= 4 is 21.8 Å². The first kappa shape index (κ1) is 20.8. The third-order valence-electron chi connectivity index (χ3n) is 4.02. The molecule has 0 unspecified atom stereocenters. The zero-order chi connectivity index (χ0) is 17.6. The van der Waals surface area contributed by atoms with Crippen LogP contribution in [0.25, 0.3) is 0 Å². The van der Waals surface area contributed by atoms with Gasteiger partial charge in [0.1, 0.15) is 0 Å². The molecule has 0 aliphatic carbocycles. The average Bonchev–Trinajstić information content (AvgIpc) is 2.59. The summed E-state index contributed by atoms with van der Waals surface area (Å²) in [4.78, 5) is 11.8. The van der Waals surface area contributed by atoms with Crippen molar-refractivity contribution in [1.82, 2.24) is 5.32 Å². The second kappa shape index (κ2) is 13.1. The molecular formula is C19H30BrNO3. The highest BCUT2D eigenvalue weighted by atomic mass is 79.9. The molecule has 4 nitrogen and oxygen atoms in total. The molecule has 24 heavy (non-hydrogen) atoms. The summed E-state index contributed by atoms with van der Waals surface area (Å²) in [6.45, 7) is 0.461. The van der Waals surface area contributed by atoms with E-state index in [0.29, 0.717) is 18.7 Å². The maximum atomic E-state index is 11.8. The summed E-state index contributed by atoms with van der Waals surface area (Å²) >= 11 is 3.45. The van der Waals surface area contributed by atoms with Crippen molar-refractivity contribution in [3.8, 4) is 11.5 Å². The number of hydrogen-bond acceptors (Lipinski definition) is 3. The van der Waals surface area contributed by atoms with Crippen LogP contribution in [0.2, 0.25) is 0 Å². The summed E-state index contributed by atoms with van der Waals surface area (Å²) in [6.07, 6.45) is 10.4. The van der Waals surface area contributed by atoms with Gasteiger partial charge in [-0.3, -0.25) is 4.79 Å². The fraction of sp³-hybridized carbons (Fsp3) is 0.632. The molecule has 0 bridgehead atoms. The Hall–Kier alpha value is -1.23. The summed E-state index contributed by atoms with van der Waals surface area (Å²) in [6, 6.07) is 5.11. The number of carbonyl (C=O) groups excluding carboxylic acids is 1. The van der Waals surface area contributed by atoms with Gasteiger partial charge in [-0.05, 0) is 30.5 Å². The van der Waals surface area contributed by atoms with Crippen molar-refractivity contribution in [3.05, 3.63) is 23.8 Å². The molecule has 0 radical (unpaired) electrons. The van der Waals surface area contributed by atoms with E-state index in [-0.39, 0.29) is 11.7 Å². The van der Waals surface area contributed by atoms with Crippen molar-refractivity contribution in [1.29, 1.82) is 0 Å². The first-order valence-electron chi connectivity index (χ1n) is 8.86. The summed E-state index contributed by atoms with van der Waals surface area (Å²) < 4.78 is 5.06. The molecular weight excluding hydrogens is 370 g/mol. The van der Waals surface area contributed by atoms with Gasteiger partial charge >= 0.3 is 0 Å². The topological polar surface area (TPSA) is 58.6 Å². The standard InChI is InChI=1S/C19H30BrNO3/c1-24-18-14-16(11-12-17(18)22)15-21-19(23)10-8-6-4-2-3-5-7-9-13-20/h11-12,14,22H,2-10,13,15H2,1H3,(H,21,23). The van der Waals surface area contributed by atoms with E-state index < -0.39 is 0 Å². The van der Waals surface area contributed by atoms with Gasteiger partial charge in [-0.25, -0.2) is 0 Å². The van der Waals surface area contributed by atoms with E-state index in [0.717, 1.165) is 23.7 Å². The lowest BCUT2D eigenvalue weighted by atomic mass is 10.1. The second-order valence-corrected chi connectivity index (χ2v) is 6.84. The Kier molecular flexibility index (Phi) is 11.4.